The molecule has 1 aromatic carbocycles. The summed E-state index contributed by atoms with van der Waals surface area (Å²) in [5.41, 5.74) is 2.80. The molecule has 2 heterocycles. The number of fused-ring (bicyclic) bond motifs is 1. The molecule has 114 valence electrons. The molecule has 0 spiro atoms. The molecule has 0 bridgehead atoms. The van der Waals surface area contributed by atoms with E-state index in [-0.39, 0.29) is 0 Å². The summed E-state index contributed by atoms with van der Waals surface area (Å²) in [7, 11) is 0. The summed E-state index contributed by atoms with van der Waals surface area (Å²) >= 11 is 0. The van der Waals surface area contributed by atoms with Crippen molar-refractivity contribution in [2.24, 2.45) is 0 Å². The van der Waals surface area contributed by atoms with Crippen molar-refractivity contribution in [3.05, 3.63) is 59.9 Å². The molecule has 0 fully saturated rings. The van der Waals surface area contributed by atoms with E-state index in [1.807, 2.05) is 22.7 Å². The van der Waals surface area contributed by atoms with Crippen LogP contribution in [-0.4, -0.2) is 9.38 Å². The molecule has 0 saturated heterocycles. The molecule has 0 aliphatic heterocycles. The van der Waals surface area contributed by atoms with Gasteiger partial charge in [0.05, 0.1) is 17.5 Å². The largest absolute Gasteiger partial charge is 0.416 e. The van der Waals surface area contributed by atoms with Crippen molar-refractivity contribution < 1.29 is 13.2 Å². The van der Waals surface area contributed by atoms with Crippen molar-refractivity contribution in [3.8, 4) is 11.3 Å². The monoisotopic (exact) mass is 304 g/mol. The standard InChI is InChI=1S/C17H15F3N2/c1-11(2)14-4-3-9-22-15(10-21-16(14)22)12-5-7-13(8-6-12)17(18,19)20/h3-11H,1-2H3. The van der Waals surface area contributed by atoms with E-state index in [1.165, 1.54) is 12.1 Å². The first-order chi connectivity index (χ1) is 10.4. The average Bonchev–Trinajstić information content (AvgIpc) is 2.90. The Morgan fingerprint density at radius 2 is 1.73 bits per heavy atom. The molecule has 0 unspecified atom stereocenters. The number of aromatic nitrogens is 2. The van der Waals surface area contributed by atoms with E-state index in [0.29, 0.717) is 11.5 Å². The minimum absolute atomic E-state index is 0.326. The molecule has 0 atom stereocenters. The van der Waals surface area contributed by atoms with Crippen LogP contribution < -0.4 is 0 Å². The number of nitrogens with zero attached hydrogens (tertiary/aromatic N) is 2. The van der Waals surface area contributed by atoms with Crippen molar-refractivity contribution in [3.63, 3.8) is 0 Å². The zero-order valence-corrected chi connectivity index (χ0v) is 12.2. The SMILES string of the molecule is CC(C)c1cccn2c(-c3ccc(C(F)(F)F)cc3)cnc12. The highest BCUT2D eigenvalue weighted by molar-refractivity contribution is 5.66. The maximum atomic E-state index is 12.6. The summed E-state index contributed by atoms with van der Waals surface area (Å²) in [5.74, 6) is 0.326. The summed E-state index contributed by atoms with van der Waals surface area (Å²) < 4.78 is 39.8. The molecular formula is C17H15F3N2. The van der Waals surface area contributed by atoms with Crippen molar-refractivity contribution in [2.45, 2.75) is 25.9 Å². The third kappa shape index (κ3) is 2.47. The molecule has 0 N–H and O–H groups in total. The maximum absolute atomic E-state index is 12.6. The van der Waals surface area contributed by atoms with Gasteiger partial charge in [0.15, 0.2) is 0 Å². The van der Waals surface area contributed by atoms with Crippen molar-refractivity contribution in [1.82, 2.24) is 9.38 Å². The van der Waals surface area contributed by atoms with Crippen LogP contribution in [0.5, 0.6) is 0 Å². The Hall–Kier alpha value is -2.30. The molecule has 3 rings (SSSR count). The van der Waals surface area contributed by atoms with Gasteiger partial charge in [0.1, 0.15) is 5.65 Å². The van der Waals surface area contributed by atoms with Crippen LogP contribution in [0.3, 0.4) is 0 Å². The molecule has 0 aliphatic rings. The Kier molecular flexibility index (Phi) is 3.43. The maximum Gasteiger partial charge on any atom is 0.416 e. The van der Waals surface area contributed by atoms with E-state index < -0.39 is 11.7 Å². The van der Waals surface area contributed by atoms with Gasteiger partial charge in [-0.05, 0) is 29.7 Å². The number of pyridine rings is 1. The lowest BCUT2D eigenvalue weighted by Crippen LogP contribution is -2.04. The lowest BCUT2D eigenvalue weighted by Gasteiger charge is -2.09. The number of hydrogen-bond acceptors (Lipinski definition) is 1. The van der Waals surface area contributed by atoms with Gasteiger partial charge in [0, 0.05) is 11.8 Å². The fourth-order valence-corrected chi connectivity index (χ4v) is 2.53. The van der Waals surface area contributed by atoms with Crippen molar-refractivity contribution in [1.29, 1.82) is 0 Å². The van der Waals surface area contributed by atoms with Crippen molar-refractivity contribution >= 4 is 5.65 Å². The topological polar surface area (TPSA) is 17.3 Å². The van der Waals surface area contributed by atoms with Gasteiger partial charge < -0.3 is 0 Å². The fourth-order valence-electron chi connectivity index (χ4n) is 2.53. The van der Waals surface area contributed by atoms with Crippen LogP contribution in [0, 0.1) is 0 Å². The van der Waals surface area contributed by atoms with Gasteiger partial charge in [0.2, 0.25) is 0 Å². The normalized spacial score (nSPS) is 12.3. The van der Waals surface area contributed by atoms with Crippen LogP contribution in [0.1, 0.15) is 30.9 Å². The third-order valence-electron chi connectivity index (χ3n) is 3.70. The highest BCUT2D eigenvalue weighted by atomic mass is 19.4. The predicted octanol–water partition coefficient (Wildman–Crippen LogP) is 5.14. The predicted molar refractivity (Wildman–Crippen MR) is 79.7 cm³/mol. The summed E-state index contributed by atoms with van der Waals surface area (Å²) in [4.78, 5) is 4.43. The summed E-state index contributed by atoms with van der Waals surface area (Å²) in [6.07, 6.45) is -0.742. The van der Waals surface area contributed by atoms with Crippen LogP contribution in [-0.2, 0) is 6.18 Å². The average molecular weight is 304 g/mol. The number of alkyl halides is 3. The molecule has 2 nitrogen and oxygen atoms in total. The van der Waals surface area contributed by atoms with Crippen LogP contribution in [0.15, 0.2) is 48.8 Å². The molecule has 3 aromatic rings. The fraction of sp³-hybridized carbons (Fsp3) is 0.235. The van der Waals surface area contributed by atoms with Crippen LogP contribution in [0.4, 0.5) is 13.2 Å². The van der Waals surface area contributed by atoms with E-state index >= 15 is 0 Å². The van der Waals surface area contributed by atoms with Gasteiger partial charge in [-0.2, -0.15) is 13.2 Å². The molecular weight excluding hydrogens is 289 g/mol. The van der Waals surface area contributed by atoms with Gasteiger partial charge in [-0.3, -0.25) is 4.40 Å². The summed E-state index contributed by atoms with van der Waals surface area (Å²) in [6.45, 7) is 4.17. The first-order valence-corrected chi connectivity index (χ1v) is 7.01. The van der Waals surface area contributed by atoms with E-state index in [9.17, 15) is 13.2 Å². The minimum Gasteiger partial charge on any atom is -0.299 e. The molecule has 22 heavy (non-hydrogen) atoms. The Bertz CT molecular complexity index is 799. The second-order valence-electron chi connectivity index (χ2n) is 5.53. The smallest absolute Gasteiger partial charge is 0.299 e. The number of benzene rings is 1. The Balaban J connectivity index is 2.09. The van der Waals surface area contributed by atoms with Crippen molar-refractivity contribution in [2.75, 3.05) is 0 Å². The highest BCUT2D eigenvalue weighted by Gasteiger charge is 2.30. The van der Waals surface area contributed by atoms with E-state index in [1.54, 1.807) is 6.20 Å². The van der Waals surface area contributed by atoms with Gasteiger partial charge in [0.25, 0.3) is 0 Å². The summed E-state index contributed by atoms with van der Waals surface area (Å²) in [5, 5.41) is 0. The molecule has 5 heteroatoms. The summed E-state index contributed by atoms with van der Waals surface area (Å²) in [6, 6.07) is 9.10. The molecule has 0 radical (unpaired) electrons. The van der Waals surface area contributed by atoms with Crippen LogP contribution in [0.25, 0.3) is 16.9 Å². The molecule has 0 amide bonds. The van der Waals surface area contributed by atoms with Gasteiger partial charge in [-0.25, -0.2) is 4.98 Å². The Labute approximate surface area is 126 Å². The highest BCUT2D eigenvalue weighted by Crippen LogP contribution is 2.31. The Morgan fingerprint density at radius 1 is 1.05 bits per heavy atom. The molecule has 0 saturated carbocycles. The number of rotatable bonds is 2. The second-order valence-corrected chi connectivity index (χ2v) is 5.53. The lowest BCUT2D eigenvalue weighted by molar-refractivity contribution is -0.137. The number of halogens is 3. The first-order valence-electron chi connectivity index (χ1n) is 7.01. The molecule has 0 aliphatic carbocycles. The zero-order chi connectivity index (χ0) is 15.9. The first kappa shape index (κ1) is 14.6. The lowest BCUT2D eigenvalue weighted by atomic mass is 10.1. The van der Waals surface area contributed by atoms with E-state index in [2.05, 4.69) is 18.8 Å². The van der Waals surface area contributed by atoms with E-state index in [0.717, 1.165) is 29.0 Å². The van der Waals surface area contributed by atoms with Gasteiger partial charge >= 0.3 is 6.18 Å². The van der Waals surface area contributed by atoms with E-state index in [4.69, 9.17) is 0 Å². The minimum atomic E-state index is -4.32. The number of hydrogen-bond donors (Lipinski definition) is 0. The number of imidazole rings is 1. The van der Waals surface area contributed by atoms with Crippen LogP contribution in [0.2, 0.25) is 0 Å². The quantitative estimate of drug-likeness (QED) is 0.640. The molecule has 2 aromatic heterocycles. The Morgan fingerprint density at radius 3 is 2.32 bits per heavy atom. The van der Waals surface area contributed by atoms with Gasteiger partial charge in [-0.1, -0.05) is 32.0 Å². The van der Waals surface area contributed by atoms with Gasteiger partial charge in [-0.15, -0.1) is 0 Å². The zero-order valence-electron chi connectivity index (χ0n) is 12.2. The third-order valence-corrected chi connectivity index (χ3v) is 3.70. The second kappa shape index (κ2) is 5.16. The van der Waals surface area contributed by atoms with Crippen LogP contribution >= 0.6 is 0 Å².